The van der Waals surface area contributed by atoms with Crippen molar-refractivity contribution < 1.29 is 9.53 Å². The van der Waals surface area contributed by atoms with Gasteiger partial charge in [0.2, 0.25) is 5.91 Å². The molecule has 1 atom stereocenters. The summed E-state index contributed by atoms with van der Waals surface area (Å²) < 4.78 is 7.50. The molecule has 1 amide bonds. The Morgan fingerprint density at radius 2 is 1.73 bits per heavy atom. The van der Waals surface area contributed by atoms with Crippen LogP contribution in [0.3, 0.4) is 0 Å². The Morgan fingerprint density at radius 1 is 0.967 bits per heavy atom. The number of amides is 1. The average molecular weight is 403 g/mol. The molecule has 0 bridgehead atoms. The van der Waals surface area contributed by atoms with E-state index in [1.165, 1.54) is 0 Å². The molecule has 3 aromatic rings. The number of rotatable bonds is 4. The Balaban J connectivity index is 1.31. The third-order valence-corrected chi connectivity index (χ3v) is 5.83. The number of anilines is 2. The molecule has 1 aromatic heterocycles. The van der Waals surface area contributed by atoms with Gasteiger partial charge in [0, 0.05) is 36.6 Å². The van der Waals surface area contributed by atoms with E-state index in [-0.39, 0.29) is 11.8 Å². The predicted octanol–water partition coefficient (Wildman–Crippen LogP) is 3.30. The number of ether oxygens (including phenoxy) is 1. The maximum absolute atomic E-state index is 13.0. The summed E-state index contributed by atoms with van der Waals surface area (Å²) in [6.45, 7) is 4.14. The van der Waals surface area contributed by atoms with Crippen molar-refractivity contribution in [2.45, 2.75) is 25.3 Å². The first-order valence-electron chi connectivity index (χ1n) is 10.5. The number of carbonyl (C=O) groups excluding carboxylic acids is 1. The summed E-state index contributed by atoms with van der Waals surface area (Å²) in [6, 6.07) is 18.0. The van der Waals surface area contributed by atoms with Crippen molar-refractivity contribution in [3.63, 3.8) is 0 Å². The van der Waals surface area contributed by atoms with Gasteiger partial charge in [0.25, 0.3) is 0 Å². The second kappa shape index (κ2) is 8.28. The van der Waals surface area contributed by atoms with E-state index in [2.05, 4.69) is 37.1 Å². The minimum Gasteiger partial charge on any atom is -0.378 e. The molecule has 7 nitrogen and oxygen atoms in total. The van der Waals surface area contributed by atoms with Gasteiger partial charge in [-0.3, -0.25) is 4.79 Å². The molecule has 2 aliphatic heterocycles. The fourth-order valence-corrected chi connectivity index (χ4v) is 4.23. The van der Waals surface area contributed by atoms with E-state index in [9.17, 15) is 4.79 Å². The minimum atomic E-state index is -0.289. The Hall–Kier alpha value is -3.19. The van der Waals surface area contributed by atoms with Crippen molar-refractivity contribution in [3.05, 3.63) is 60.4 Å². The van der Waals surface area contributed by atoms with Gasteiger partial charge in [-0.05, 0) is 37.1 Å². The smallest absolute Gasteiger partial charge is 0.235 e. The van der Waals surface area contributed by atoms with Gasteiger partial charge in [-0.2, -0.15) is 0 Å². The zero-order chi connectivity index (χ0) is 20.3. The molecule has 1 saturated heterocycles. The molecule has 1 fully saturated rings. The fourth-order valence-electron chi connectivity index (χ4n) is 4.23. The van der Waals surface area contributed by atoms with Crippen molar-refractivity contribution in [3.8, 4) is 11.4 Å². The molecular weight excluding hydrogens is 378 g/mol. The van der Waals surface area contributed by atoms with Gasteiger partial charge in [0.05, 0.1) is 19.1 Å². The monoisotopic (exact) mass is 403 g/mol. The van der Waals surface area contributed by atoms with Crippen LogP contribution in [0.25, 0.3) is 11.4 Å². The Bertz CT molecular complexity index is 1010. The number of hydrogen-bond acceptors (Lipinski definition) is 5. The van der Waals surface area contributed by atoms with Gasteiger partial charge in [-0.15, -0.1) is 10.2 Å². The average Bonchev–Trinajstić information content (AvgIpc) is 3.25. The normalized spacial score (nSPS) is 18.7. The topological polar surface area (TPSA) is 72.3 Å². The maximum Gasteiger partial charge on any atom is 0.235 e. The van der Waals surface area contributed by atoms with Gasteiger partial charge in [-0.25, -0.2) is 0 Å². The molecule has 154 valence electrons. The summed E-state index contributed by atoms with van der Waals surface area (Å²) in [5.41, 5.74) is 2.98. The summed E-state index contributed by atoms with van der Waals surface area (Å²) in [6.07, 6.45) is 1.71. The number of fused-ring (bicyclic) bond motifs is 1. The van der Waals surface area contributed by atoms with E-state index in [4.69, 9.17) is 4.74 Å². The van der Waals surface area contributed by atoms with Crippen LogP contribution < -0.4 is 10.2 Å². The standard InChI is InChI=1S/C23H25N5O2/c29-23(24-18-8-10-19(11-9-18)27-13-15-30-16-14-27)20-7-4-12-28-21(25-26-22(20)28)17-5-2-1-3-6-17/h1-3,5-6,8-11,20H,4,7,12-16H2,(H,24,29). The molecule has 5 rings (SSSR count). The van der Waals surface area contributed by atoms with Crippen molar-refractivity contribution in [2.75, 3.05) is 36.5 Å². The van der Waals surface area contributed by atoms with Gasteiger partial charge >= 0.3 is 0 Å². The summed E-state index contributed by atoms with van der Waals surface area (Å²) in [5, 5.41) is 11.8. The van der Waals surface area contributed by atoms with Gasteiger partial charge in [0.1, 0.15) is 5.82 Å². The van der Waals surface area contributed by atoms with E-state index in [1.807, 2.05) is 42.5 Å². The summed E-state index contributed by atoms with van der Waals surface area (Å²) in [7, 11) is 0. The highest BCUT2D eigenvalue weighted by Crippen LogP contribution is 2.31. The lowest BCUT2D eigenvalue weighted by molar-refractivity contribution is -0.118. The molecule has 0 radical (unpaired) electrons. The molecule has 1 unspecified atom stereocenters. The van der Waals surface area contributed by atoms with Crippen molar-refractivity contribution >= 4 is 17.3 Å². The van der Waals surface area contributed by atoms with Crippen LogP contribution in [-0.2, 0) is 16.1 Å². The molecule has 2 aromatic carbocycles. The van der Waals surface area contributed by atoms with Gasteiger partial charge in [-0.1, -0.05) is 30.3 Å². The van der Waals surface area contributed by atoms with E-state index < -0.39 is 0 Å². The summed E-state index contributed by atoms with van der Waals surface area (Å²) >= 11 is 0. The van der Waals surface area contributed by atoms with Crippen LogP contribution >= 0.6 is 0 Å². The Morgan fingerprint density at radius 3 is 2.50 bits per heavy atom. The highest BCUT2D eigenvalue weighted by molar-refractivity contribution is 5.95. The quantitative estimate of drug-likeness (QED) is 0.724. The lowest BCUT2D eigenvalue weighted by Crippen LogP contribution is -2.36. The molecule has 1 N–H and O–H groups in total. The maximum atomic E-state index is 13.0. The zero-order valence-corrected chi connectivity index (χ0v) is 16.8. The van der Waals surface area contributed by atoms with E-state index in [0.29, 0.717) is 0 Å². The van der Waals surface area contributed by atoms with Crippen LogP contribution in [0.5, 0.6) is 0 Å². The van der Waals surface area contributed by atoms with Crippen LogP contribution in [0.4, 0.5) is 11.4 Å². The SMILES string of the molecule is O=C(Nc1ccc(N2CCOCC2)cc1)C1CCCn2c(-c3ccccc3)nnc21. The lowest BCUT2D eigenvalue weighted by Gasteiger charge is -2.29. The number of nitrogens with one attached hydrogen (secondary N) is 1. The highest BCUT2D eigenvalue weighted by atomic mass is 16.5. The first-order chi connectivity index (χ1) is 14.8. The zero-order valence-electron chi connectivity index (χ0n) is 16.8. The Labute approximate surface area is 175 Å². The molecule has 0 saturated carbocycles. The van der Waals surface area contributed by atoms with E-state index in [1.54, 1.807) is 0 Å². The van der Waals surface area contributed by atoms with Gasteiger partial charge in [0.15, 0.2) is 5.82 Å². The van der Waals surface area contributed by atoms with Crippen LogP contribution in [0.1, 0.15) is 24.6 Å². The summed E-state index contributed by atoms with van der Waals surface area (Å²) in [5.74, 6) is 1.27. The van der Waals surface area contributed by atoms with Crippen molar-refractivity contribution in [1.29, 1.82) is 0 Å². The van der Waals surface area contributed by atoms with E-state index in [0.717, 1.165) is 74.3 Å². The summed E-state index contributed by atoms with van der Waals surface area (Å²) in [4.78, 5) is 15.3. The number of benzene rings is 2. The third-order valence-electron chi connectivity index (χ3n) is 5.83. The minimum absolute atomic E-state index is 0.0258. The number of aromatic nitrogens is 3. The lowest BCUT2D eigenvalue weighted by atomic mass is 9.97. The number of carbonyl (C=O) groups is 1. The van der Waals surface area contributed by atoms with Gasteiger partial charge < -0.3 is 19.5 Å². The van der Waals surface area contributed by atoms with Crippen LogP contribution in [-0.4, -0.2) is 47.0 Å². The third kappa shape index (κ3) is 3.68. The first kappa shape index (κ1) is 18.8. The van der Waals surface area contributed by atoms with Crippen LogP contribution in [0.15, 0.2) is 54.6 Å². The number of hydrogen-bond donors (Lipinski definition) is 1. The van der Waals surface area contributed by atoms with Crippen LogP contribution in [0, 0.1) is 0 Å². The van der Waals surface area contributed by atoms with E-state index >= 15 is 0 Å². The molecular formula is C23H25N5O2. The first-order valence-corrected chi connectivity index (χ1v) is 10.5. The van der Waals surface area contributed by atoms with Crippen molar-refractivity contribution in [2.24, 2.45) is 0 Å². The fraction of sp³-hybridized carbons (Fsp3) is 0.348. The molecule has 3 heterocycles. The number of morpholine rings is 1. The molecule has 0 aliphatic carbocycles. The second-order valence-corrected chi connectivity index (χ2v) is 7.73. The highest BCUT2D eigenvalue weighted by Gasteiger charge is 2.31. The molecule has 30 heavy (non-hydrogen) atoms. The largest absolute Gasteiger partial charge is 0.378 e. The van der Waals surface area contributed by atoms with Crippen molar-refractivity contribution in [1.82, 2.24) is 14.8 Å². The molecule has 0 spiro atoms. The Kier molecular flexibility index (Phi) is 5.19. The predicted molar refractivity (Wildman–Crippen MR) is 116 cm³/mol. The number of nitrogens with zero attached hydrogens (tertiary/aromatic N) is 4. The molecule has 7 heteroatoms. The molecule has 2 aliphatic rings. The van der Waals surface area contributed by atoms with Crippen LogP contribution in [0.2, 0.25) is 0 Å². The second-order valence-electron chi connectivity index (χ2n) is 7.73.